The molecule has 5 atom stereocenters. The first-order chi connectivity index (χ1) is 23.8. The van der Waals surface area contributed by atoms with Crippen molar-refractivity contribution in [1.29, 1.82) is 0 Å². The molecule has 1 saturated heterocycles. The van der Waals surface area contributed by atoms with Crippen LogP contribution in [0.25, 0.3) is 0 Å². The molecule has 1 heterocycles. The number of Topliss-reactive ketones (excluding diaryl/α,β-unsaturated/α-hetero) is 1. The Bertz CT molecular complexity index is 1150. The van der Waals surface area contributed by atoms with Gasteiger partial charge in [-0.2, -0.15) is 13.2 Å². The molecular weight excluding hydrogens is 691 g/mol. The summed E-state index contributed by atoms with van der Waals surface area (Å²) in [6.07, 6.45) is 6.32. The van der Waals surface area contributed by atoms with Gasteiger partial charge in [-0.3, -0.25) is 19.1 Å². The molecule has 294 valence electrons. The van der Waals surface area contributed by atoms with Crippen molar-refractivity contribution in [2.75, 3.05) is 13.2 Å². The van der Waals surface area contributed by atoms with E-state index in [0.29, 0.717) is 31.6 Å². The molecule has 0 aromatic heterocycles. The topological polar surface area (TPSA) is 177 Å². The van der Waals surface area contributed by atoms with Gasteiger partial charge in [-0.05, 0) is 54.8 Å². The molecule has 0 spiro atoms. The van der Waals surface area contributed by atoms with Crippen molar-refractivity contribution in [2.45, 2.75) is 143 Å². The lowest BCUT2D eigenvalue weighted by molar-refractivity contribution is -0.183. The van der Waals surface area contributed by atoms with Crippen LogP contribution in [0.3, 0.4) is 0 Å². The lowest BCUT2D eigenvalue weighted by atomic mass is 9.80. The Hall–Kier alpha value is -2.88. The molecule has 3 saturated carbocycles. The van der Waals surface area contributed by atoms with E-state index < -0.39 is 65.4 Å². The number of carbonyl (C=O) groups is 6. The number of nitrogens with zero attached hydrogens (tertiary/aromatic N) is 1. The van der Waals surface area contributed by atoms with Gasteiger partial charge in [0.05, 0.1) is 18.7 Å². The number of aldehydes is 1. The summed E-state index contributed by atoms with van der Waals surface area (Å²) in [6.45, 7) is 13.1. The van der Waals surface area contributed by atoms with Crippen molar-refractivity contribution in [3.63, 3.8) is 0 Å². The minimum Gasteiger partial charge on any atom is -0.464 e. The number of carbonyl (C=O) groups excluding carboxylic acids is 6. The lowest BCUT2D eigenvalue weighted by Gasteiger charge is -2.35. The van der Waals surface area contributed by atoms with Crippen molar-refractivity contribution in [3.8, 4) is 0 Å². The van der Waals surface area contributed by atoms with Crippen molar-refractivity contribution in [2.24, 2.45) is 34.8 Å². The number of halogens is 3. The highest BCUT2D eigenvalue weighted by molar-refractivity contribution is 7.78. The van der Waals surface area contributed by atoms with Crippen molar-refractivity contribution >= 4 is 48.7 Å². The Morgan fingerprint density at radius 3 is 1.84 bits per heavy atom. The van der Waals surface area contributed by atoms with E-state index in [1.54, 1.807) is 26.1 Å². The molecule has 12 nitrogen and oxygen atoms in total. The molecule has 0 aromatic rings. The van der Waals surface area contributed by atoms with Crippen LogP contribution in [0.2, 0.25) is 0 Å². The van der Waals surface area contributed by atoms with Crippen LogP contribution in [0.4, 0.5) is 18.0 Å². The van der Waals surface area contributed by atoms with Crippen LogP contribution in [-0.2, 0) is 28.7 Å². The van der Waals surface area contributed by atoms with E-state index in [2.05, 4.69) is 22.9 Å². The number of rotatable bonds is 13. The zero-order chi connectivity index (χ0) is 39.1. The maximum Gasteiger partial charge on any atom is 0.419 e. The van der Waals surface area contributed by atoms with E-state index in [1.165, 1.54) is 30.6 Å². The monoisotopic (exact) mass is 751 g/mol. The standard InChI is InChI=1S/C22H34F3N3O5.C8H14N2O2S.C3H6.C2H6/c1-12(2)14-8-15(10-29)28(9-14)18(30)16(21(3,4)5)26-20(32)27-17(22(23,24)25)19(31)33-11-13-6-7-13;9-8(12)7(11)6(10-13)4-5-2-1-3-5;1-2-3-1;1-2/h10,12-17H,6-9,11H2,1-5H3,(H2,26,27,32);5-6,10,13H,1-4H2,(H2,9,12);1-3H2;1-2H3. The Labute approximate surface area is 306 Å². The van der Waals surface area contributed by atoms with E-state index in [9.17, 15) is 41.9 Å². The zero-order valence-corrected chi connectivity index (χ0v) is 32.0. The largest absolute Gasteiger partial charge is 0.464 e. The quantitative estimate of drug-likeness (QED) is 0.0765. The van der Waals surface area contributed by atoms with Gasteiger partial charge in [-0.25, -0.2) is 9.59 Å². The van der Waals surface area contributed by atoms with Crippen LogP contribution in [0.15, 0.2) is 0 Å². The second-order valence-corrected chi connectivity index (χ2v) is 15.2. The molecule has 4 rings (SSSR count). The van der Waals surface area contributed by atoms with Gasteiger partial charge >= 0.3 is 18.2 Å². The summed E-state index contributed by atoms with van der Waals surface area (Å²) in [4.78, 5) is 72.4. The minimum absolute atomic E-state index is 0.0560. The second kappa shape index (κ2) is 21.6. The van der Waals surface area contributed by atoms with Crippen LogP contribution < -0.4 is 21.1 Å². The average molecular weight is 752 g/mol. The lowest BCUT2D eigenvalue weighted by Crippen LogP contribution is -2.61. The van der Waals surface area contributed by atoms with E-state index >= 15 is 0 Å². The zero-order valence-electron chi connectivity index (χ0n) is 31.1. The summed E-state index contributed by atoms with van der Waals surface area (Å²) in [5, 5.41) is 3.90. The van der Waals surface area contributed by atoms with Gasteiger partial charge in [-0.15, -0.1) is 0 Å². The van der Waals surface area contributed by atoms with Crippen molar-refractivity contribution in [1.82, 2.24) is 20.3 Å². The van der Waals surface area contributed by atoms with Gasteiger partial charge in [0.2, 0.25) is 17.7 Å². The van der Waals surface area contributed by atoms with Gasteiger partial charge < -0.3 is 30.8 Å². The molecule has 5 N–H and O–H groups in total. The number of hydrogen-bond acceptors (Lipinski definition) is 9. The van der Waals surface area contributed by atoms with Gasteiger partial charge in [0, 0.05) is 6.54 Å². The Morgan fingerprint density at radius 1 is 0.922 bits per heavy atom. The smallest absolute Gasteiger partial charge is 0.419 e. The first-order valence-corrected chi connectivity index (χ1v) is 18.5. The molecule has 4 amide bonds. The number of urea groups is 1. The molecule has 1 aliphatic heterocycles. The van der Waals surface area contributed by atoms with Crippen LogP contribution in [0.1, 0.15) is 113 Å². The van der Waals surface area contributed by atoms with Gasteiger partial charge in [-0.1, -0.05) is 99.8 Å². The Kier molecular flexibility index (Phi) is 19.5. The van der Waals surface area contributed by atoms with E-state index in [-0.39, 0.29) is 24.4 Å². The van der Waals surface area contributed by atoms with E-state index in [0.717, 1.165) is 25.7 Å². The molecule has 5 unspecified atom stereocenters. The molecule has 3 aliphatic carbocycles. The third-order valence-corrected chi connectivity index (χ3v) is 9.32. The fraction of sp³-hybridized carbons (Fsp3) is 0.829. The predicted molar refractivity (Wildman–Crippen MR) is 190 cm³/mol. The summed E-state index contributed by atoms with van der Waals surface area (Å²) >= 11 is 3.81. The number of ether oxygens (including phenoxy) is 1. The number of alkyl halides is 3. The molecule has 4 fully saturated rings. The molecule has 0 aromatic carbocycles. The number of primary amides is 1. The number of likely N-dealkylation sites (tertiary alicyclic amines) is 1. The van der Waals surface area contributed by atoms with E-state index in [4.69, 9.17) is 10.5 Å². The molecule has 0 radical (unpaired) electrons. The average Bonchev–Trinajstić information content (AvgIpc) is 3.98. The second-order valence-electron chi connectivity index (χ2n) is 14.9. The predicted octanol–water partition coefficient (Wildman–Crippen LogP) is 4.89. The summed E-state index contributed by atoms with van der Waals surface area (Å²) in [5.41, 5.74) is 4.01. The maximum absolute atomic E-state index is 13.4. The van der Waals surface area contributed by atoms with Crippen LogP contribution in [0, 0.1) is 29.1 Å². The molecule has 51 heavy (non-hydrogen) atoms. The molecule has 4 aliphatic rings. The van der Waals surface area contributed by atoms with Gasteiger partial charge in [0.25, 0.3) is 5.91 Å². The number of esters is 1. The SMILES string of the molecule is C1CC1.CC.CC(C)C1CC(C=O)N(C(=O)C(NC(=O)NC(C(=O)OCC2CC2)C(F)(F)F)C(C)(C)C)C1.NC(=O)C(=O)C(CC1CCC1)NS. The van der Waals surface area contributed by atoms with Crippen molar-refractivity contribution in [3.05, 3.63) is 0 Å². The van der Waals surface area contributed by atoms with Gasteiger partial charge in [0.1, 0.15) is 12.3 Å². The summed E-state index contributed by atoms with van der Waals surface area (Å²) in [7, 11) is 0. The number of nitrogens with two attached hydrogens (primary N) is 1. The minimum atomic E-state index is -5.07. The highest BCUT2D eigenvalue weighted by Crippen LogP contribution is 2.32. The summed E-state index contributed by atoms with van der Waals surface area (Å²) in [5.74, 6) is -2.68. The van der Waals surface area contributed by atoms with Crippen LogP contribution in [0.5, 0.6) is 0 Å². The third kappa shape index (κ3) is 16.6. The Balaban J connectivity index is 0.000000590. The number of amides is 4. The van der Waals surface area contributed by atoms with E-state index in [1.807, 2.05) is 27.7 Å². The number of thiol groups is 1. The highest BCUT2D eigenvalue weighted by Gasteiger charge is 2.49. The Morgan fingerprint density at radius 2 is 1.47 bits per heavy atom. The van der Waals surface area contributed by atoms with Crippen molar-refractivity contribution < 1.29 is 46.7 Å². The number of hydrogen-bond donors (Lipinski definition) is 5. The van der Waals surface area contributed by atoms with Crippen LogP contribution >= 0.6 is 12.8 Å². The summed E-state index contributed by atoms with van der Waals surface area (Å²) < 4.78 is 47.4. The van der Waals surface area contributed by atoms with Gasteiger partial charge in [0.15, 0.2) is 0 Å². The maximum atomic E-state index is 13.4. The first kappa shape index (κ1) is 46.1. The normalized spacial score (nSPS) is 21.4. The first-order valence-electron chi connectivity index (χ1n) is 18.1. The third-order valence-electron chi connectivity index (χ3n) is 9.01. The molecular formula is C35H60F3N5O7S. The fourth-order valence-corrected chi connectivity index (χ4v) is 5.40. The number of ketones is 1. The number of nitrogens with one attached hydrogen (secondary N) is 3. The highest BCUT2D eigenvalue weighted by atomic mass is 32.1. The molecule has 16 heteroatoms. The molecule has 0 bridgehead atoms. The fourth-order valence-electron chi connectivity index (χ4n) is 5.18. The summed E-state index contributed by atoms with van der Waals surface area (Å²) in [6, 6.07) is -6.57. The van der Waals surface area contributed by atoms with Crippen LogP contribution in [-0.4, -0.2) is 84.3 Å².